The SMILES string of the molecule is Cc1ccc([N+](=O)[O-])c2c1NC(C)C2. The summed E-state index contributed by atoms with van der Waals surface area (Å²) in [4.78, 5) is 10.4. The van der Waals surface area contributed by atoms with Crippen molar-refractivity contribution in [2.75, 3.05) is 5.32 Å². The second kappa shape index (κ2) is 2.97. The average Bonchev–Trinajstić information content (AvgIpc) is 2.47. The van der Waals surface area contributed by atoms with Crippen molar-refractivity contribution in [3.05, 3.63) is 33.4 Å². The summed E-state index contributed by atoms with van der Waals surface area (Å²) in [6.45, 7) is 4.00. The Kier molecular flexibility index (Phi) is 1.91. The Bertz CT molecular complexity index is 401. The zero-order chi connectivity index (χ0) is 10.3. The smallest absolute Gasteiger partial charge is 0.274 e. The molecule has 1 aliphatic heterocycles. The van der Waals surface area contributed by atoms with Crippen LogP contribution in [0.5, 0.6) is 0 Å². The molecule has 0 bridgehead atoms. The van der Waals surface area contributed by atoms with Gasteiger partial charge in [-0.25, -0.2) is 0 Å². The first-order valence-corrected chi connectivity index (χ1v) is 4.63. The highest BCUT2D eigenvalue weighted by Crippen LogP contribution is 2.35. The Morgan fingerprint density at radius 3 is 2.93 bits per heavy atom. The van der Waals surface area contributed by atoms with E-state index in [-0.39, 0.29) is 10.6 Å². The van der Waals surface area contributed by atoms with Gasteiger partial charge in [0.05, 0.1) is 10.5 Å². The Balaban J connectivity index is 2.59. The lowest BCUT2D eigenvalue weighted by Gasteiger charge is -2.05. The molecule has 0 aromatic heterocycles. The third kappa shape index (κ3) is 1.23. The van der Waals surface area contributed by atoms with Crippen LogP contribution >= 0.6 is 0 Å². The van der Waals surface area contributed by atoms with Gasteiger partial charge in [-0.1, -0.05) is 6.07 Å². The molecule has 0 saturated carbocycles. The van der Waals surface area contributed by atoms with Crippen LogP contribution in [-0.4, -0.2) is 11.0 Å². The fraction of sp³-hybridized carbons (Fsp3) is 0.400. The summed E-state index contributed by atoms with van der Waals surface area (Å²) < 4.78 is 0. The van der Waals surface area contributed by atoms with Gasteiger partial charge in [-0.3, -0.25) is 10.1 Å². The molecule has 1 unspecified atom stereocenters. The van der Waals surface area contributed by atoms with Crippen LogP contribution in [0.4, 0.5) is 11.4 Å². The number of fused-ring (bicyclic) bond motifs is 1. The second-order valence-electron chi connectivity index (χ2n) is 3.76. The molecule has 0 spiro atoms. The van der Waals surface area contributed by atoms with Gasteiger partial charge in [0.25, 0.3) is 5.69 Å². The summed E-state index contributed by atoms with van der Waals surface area (Å²) in [6.07, 6.45) is 0.743. The number of nitro benzene ring substituents is 1. The highest BCUT2D eigenvalue weighted by atomic mass is 16.6. The zero-order valence-corrected chi connectivity index (χ0v) is 8.20. The van der Waals surface area contributed by atoms with Crippen molar-refractivity contribution in [1.29, 1.82) is 0 Å². The molecular weight excluding hydrogens is 180 g/mol. The van der Waals surface area contributed by atoms with E-state index in [1.807, 2.05) is 13.8 Å². The minimum Gasteiger partial charge on any atom is -0.382 e. The summed E-state index contributed by atoms with van der Waals surface area (Å²) in [5.41, 5.74) is 3.12. The molecule has 1 N–H and O–H groups in total. The average molecular weight is 192 g/mol. The fourth-order valence-electron chi connectivity index (χ4n) is 1.94. The number of hydrogen-bond donors (Lipinski definition) is 1. The van der Waals surface area contributed by atoms with Crippen molar-refractivity contribution >= 4 is 11.4 Å². The van der Waals surface area contributed by atoms with E-state index in [9.17, 15) is 10.1 Å². The van der Waals surface area contributed by atoms with Crippen LogP contribution in [0, 0.1) is 17.0 Å². The molecule has 2 rings (SSSR count). The fourth-order valence-corrected chi connectivity index (χ4v) is 1.94. The van der Waals surface area contributed by atoms with Gasteiger partial charge in [0.15, 0.2) is 0 Å². The highest BCUT2D eigenvalue weighted by Gasteiger charge is 2.26. The summed E-state index contributed by atoms with van der Waals surface area (Å²) >= 11 is 0. The molecule has 0 amide bonds. The van der Waals surface area contributed by atoms with E-state index in [1.54, 1.807) is 12.1 Å². The minimum absolute atomic E-state index is 0.238. The van der Waals surface area contributed by atoms with E-state index >= 15 is 0 Å². The molecule has 1 atom stereocenters. The number of rotatable bonds is 1. The molecule has 1 aromatic carbocycles. The molecule has 0 fully saturated rings. The molecule has 0 saturated heterocycles. The Morgan fingerprint density at radius 2 is 2.29 bits per heavy atom. The van der Waals surface area contributed by atoms with Crippen LogP contribution in [0.2, 0.25) is 0 Å². The molecule has 1 aromatic rings. The summed E-state index contributed by atoms with van der Waals surface area (Å²) in [6, 6.07) is 3.68. The van der Waals surface area contributed by atoms with Gasteiger partial charge in [0.1, 0.15) is 0 Å². The molecule has 1 heterocycles. The van der Waals surface area contributed by atoms with Crippen molar-refractivity contribution in [2.24, 2.45) is 0 Å². The van der Waals surface area contributed by atoms with Crippen molar-refractivity contribution in [3.63, 3.8) is 0 Å². The Morgan fingerprint density at radius 1 is 1.57 bits per heavy atom. The largest absolute Gasteiger partial charge is 0.382 e. The number of hydrogen-bond acceptors (Lipinski definition) is 3. The van der Waals surface area contributed by atoms with Crippen molar-refractivity contribution < 1.29 is 4.92 Å². The van der Waals surface area contributed by atoms with Crippen LogP contribution in [0.1, 0.15) is 18.1 Å². The van der Waals surface area contributed by atoms with E-state index in [0.717, 1.165) is 23.2 Å². The maximum absolute atomic E-state index is 10.8. The van der Waals surface area contributed by atoms with Gasteiger partial charge in [-0.05, 0) is 19.4 Å². The Hall–Kier alpha value is -1.58. The highest BCUT2D eigenvalue weighted by molar-refractivity contribution is 5.68. The van der Waals surface area contributed by atoms with Crippen molar-refractivity contribution in [3.8, 4) is 0 Å². The van der Waals surface area contributed by atoms with Crippen LogP contribution in [0.25, 0.3) is 0 Å². The first kappa shape index (κ1) is 8.99. The molecule has 0 aliphatic carbocycles. The van der Waals surface area contributed by atoms with Gasteiger partial charge in [0, 0.05) is 24.2 Å². The van der Waals surface area contributed by atoms with E-state index in [4.69, 9.17) is 0 Å². The molecular formula is C10H12N2O2. The maximum atomic E-state index is 10.8. The molecule has 4 heteroatoms. The molecule has 0 radical (unpaired) electrons. The first-order valence-electron chi connectivity index (χ1n) is 4.63. The number of nitrogens with one attached hydrogen (secondary N) is 1. The number of aryl methyl sites for hydroxylation is 1. The van der Waals surface area contributed by atoms with Gasteiger partial charge >= 0.3 is 0 Å². The number of benzene rings is 1. The standard InChI is InChI=1S/C10H12N2O2/c1-6-3-4-9(12(13)14)8-5-7(2)11-10(6)8/h3-4,7,11H,5H2,1-2H3. The maximum Gasteiger partial charge on any atom is 0.274 e. The summed E-state index contributed by atoms with van der Waals surface area (Å²) in [5, 5.41) is 14.0. The topological polar surface area (TPSA) is 55.2 Å². The van der Waals surface area contributed by atoms with Crippen LogP contribution in [0.3, 0.4) is 0 Å². The minimum atomic E-state index is -0.308. The number of nitrogens with zero attached hydrogens (tertiary/aromatic N) is 1. The van der Waals surface area contributed by atoms with Gasteiger partial charge in [-0.2, -0.15) is 0 Å². The predicted octanol–water partition coefficient (Wildman–Crippen LogP) is 2.26. The lowest BCUT2D eigenvalue weighted by molar-refractivity contribution is -0.385. The first-order chi connectivity index (χ1) is 6.59. The molecule has 14 heavy (non-hydrogen) atoms. The third-order valence-corrected chi connectivity index (χ3v) is 2.59. The lowest BCUT2D eigenvalue weighted by Crippen LogP contribution is -2.08. The van der Waals surface area contributed by atoms with Crippen LogP contribution in [-0.2, 0) is 6.42 Å². The van der Waals surface area contributed by atoms with Gasteiger partial charge in [0.2, 0.25) is 0 Å². The van der Waals surface area contributed by atoms with E-state index in [0.29, 0.717) is 6.04 Å². The number of anilines is 1. The quantitative estimate of drug-likeness (QED) is 0.548. The molecule has 74 valence electrons. The van der Waals surface area contributed by atoms with Gasteiger partial charge in [-0.15, -0.1) is 0 Å². The summed E-state index contributed by atoms with van der Waals surface area (Å²) in [5.74, 6) is 0. The Labute approximate surface area is 82.1 Å². The monoisotopic (exact) mass is 192 g/mol. The van der Waals surface area contributed by atoms with E-state index in [2.05, 4.69) is 5.32 Å². The third-order valence-electron chi connectivity index (χ3n) is 2.59. The van der Waals surface area contributed by atoms with E-state index < -0.39 is 0 Å². The van der Waals surface area contributed by atoms with Crippen LogP contribution in [0.15, 0.2) is 12.1 Å². The summed E-state index contributed by atoms with van der Waals surface area (Å²) in [7, 11) is 0. The number of nitro groups is 1. The lowest BCUT2D eigenvalue weighted by atomic mass is 10.1. The van der Waals surface area contributed by atoms with Crippen molar-refractivity contribution in [1.82, 2.24) is 0 Å². The zero-order valence-electron chi connectivity index (χ0n) is 8.20. The van der Waals surface area contributed by atoms with Crippen LogP contribution < -0.4 is 5.32 Å². The second-order valence-corrected chi connectivity index (χ2v) is 3.76. The molecule has 1 aliphatic rings. The van der Waals surface area contributed by atoms with Gasteiger partial charge < -0.3 is 5.32 Å². The normalized spacial score (nSPS) is 18.9. The van der Waals surface area contributed by atoms with Crippen molar-refractivity contribution in [2.45, 2.75) is 26.3 Å². The van der Waals surface area contributed by atoms with E-state index in [1.165, 1.54) is 0 Å². The molecule has 4 nitrogen and oxygen atoms in total. The predicted molar refractivity (Wildman–Crippen MR) is 54.6 cm³/mol.